The quantitative estimate of drug-likeness (QED) is 0.876. The number of rotatable bonds is 4. The SMILES string of the molecule is CCn1nc(C)c2[nH]c(=S)n(CC(C)(C)S(C)(=O)=O)c21. The Labute approximate surface area is 123 Å². The molecule has 1 N–H and O–H groups in total. The highest BCUT2D eigenvalue weighted by Crippen LogP contribution is 2.23. The molecule has 8 heteroatoms. The van der Waals surface area contributed by atoms with E-state index < -0.39 is 14.6 Å². The van der Waals surface area contributed by atoms with E-state index in [1.165, 1.54) is 6.26 Å². The van der Waals surface area contributed by atoms with Gasteiger partial charge in [-0.2, -0.15) is 5.10 Å². The number of H-pyrrole nitrogens is 1. The Morgan fingerprint density at radius 3 is 2.50 bits per heavy atom. The minimum atomic E-state index is -3.19. The third-order valence-corrected chi connectivity index (χ3v) is 6.13. The fourth-order valence-corrected chi connectivity index (χ4v) is 2.74. The summed E-state index contributed by atoms with van der Waals surface area (Å²) < 4.78 is 27.1. The Morgan fingerprint density at radius 2 is 2.00 bits per heavy atom. The van der Waals surface area contributed by atoms with Crippen molar-refractivity contribution in [3.05, 3.63) is 10.5 Å². The summed E-state index contributed by atoms with van der Waals surface area (Å²) in [6.07, 6.45) is 1.25. The summed E-state index contributed by atoms with van der Waals surface area (Å²) in [4.78, 5) is 3.12. The maximum absolute atomic E-state index is 11.9. The molecular formula is C12H20N4O2S2. The lowest BCUT2D eigenvalue weighted by Gasteiger charge is -2.23. The Morgan fingerprint density at radius 1 is 1.40 bits per heavy atom. The maximum Gasteiger partial charge on any atom is 0.179 e. The summed E-state index contributed by atoms with van der Waals surface area (Å²) in [5, 5.41) is 4.43. The molecule has 0 fully saturated rings. The number of aryl methyl sites for hydroxylation is 2. The summed E-state index contributed by atoms with van der Waals surface area (Å²) in [5.41, 5.74) is 2.59. The van der Waals surface area contributed by atoms with Crippen LogP contribution in [0, 0.1) is 11.7 Å². The van der Waals surface area contributed by atoms with Crippen LogP contribution in [0.25, 0.3) is 11.2 Å². The zero-order chi connectivity index (χ0) is 15.3. The molecular weight excluding hydrogens is 296 g/mol. The van der Waals surface area contributed by atoms with Crippen LogP contribution >= 0.6 is 12.2 Å². The Hall–Kier alpha value is -1.15. The average molecular weight is 316 g/mol. The molecule has 0 aliphatic rings. The molecule has 0 aliphatic carbocycles. The number of nitrogens with zero attached hydrogens (tertiary/aromatic N) is 3. The van der Waals surface area contributed by atoms with Gasteiger partial charge in [-0.3, -0.25) is 0 Å². The van der Waals surface area contributed by atoms with Gasteiger partial charge in [-0.05, 0) is 39.9 Å². The molecule has 0 spiro atoms. The largest absolute Gasteiger partial charge is 0.328 e. The highest BCUT2D eigenvalue weighted by atomic mass is 32.2. The maximum atomic E-state index is 11.9. The van der Waals surface area contributed by atoms with Gasteiger partial charge in [-0.25, -0.2) is 13.1 Å². The fourth-order valence-electron chi connectivity index (χ4n) is 2.13. The molecule has 0 aromatic carbocycles. The second kappa shape index (κ2) is 4.70. The van der Waals surface area contributed by atoms with Crippen molar-refractivity contribution in [3.63, 3.8) is 0 Å². The van der Waals surface area contributed by atoms with Crippen molar-refractivity contribution in [2.45, 2.75) is 45.5 Å². The molecule has 2 aromatic rings. The van der Waals surface area contributed by atoms with Gasteiger partial charge in [0.05, 0.1) is 10.4 Å². The third kappa shape index (κ3) is 2.31. The van der Waals surface area contributed by atoms with Crippen LogP contribution in [-0.4, -0.2) is 38.8 Å². The van der Waals surface area contributed by atoms with Crippen LogP contribution in [0.4, 0.5) is 0 Å². The van der Waals surface area contributed by atoms with Gasteiger partial charge in [0.25, 0.3) is 0 Å². The number of hydrogen-bond acceptors (Lipinski definition) is 4. The lowest BCUT2D eigenvalue weighted by molar-refractivity contribution is 0.499. The Bertz CT molecular complexity index is 808. The first-order chi connectivity index (χ1) is 9.08. The minimum Gasteiger partial charge on any atom is -0.328 e. The van der Waals surface area contributed by atoms with Crippen LogP contribution in [0.3, 0.4) is 0 Å². The summed E-state index contributed by atoms with van der Waals surface area (Å²) in [5.74, 6) is 0. The van der Waals surface area contributed by atoms with E-state index in [2.05, 4.69) is 10.1 Å². The zero-order valence-electron chi connectivity index (χ0n) is 12.4. The van der Waals surface area contributed by atoms with E-state index in [0.29, 0.717) is 17.9 Å². The van der Waals surface area contributed by atoms with Gasteiger partial charge in [0, 0.05) is 19.3 Å². The second-order valence-corrected chi connectivity index (χ2v) is 8.68. The average Bonchev–Trinajstić information content (AvgIpc) is 2.77. The number of fused-ring (bicyclic) bond motifs is 1. The van der Waals surface area contributed by atoms with Gasteiger partial charge in [-0.15, -0.1) is 0 Å². The van der Waals surface area contributed by atoms with Crippen molar-refractivity contribution in [1.82, 2.24) is 19.3 Å². The molecule has 0 aliphatic heterocycles. The predicted octanol–water partition coefficient (Wildman–Crippen LogP) is 2.05. The van der Waals surface area contributed by atoms with E-state index in [0.717, 1.165) is 16.9 Å². The van der Waals surface area contributed by atoms with E-state index in [9.17, 15) is 8.42 Å². The smallest absolute Gasteiger partial charge is 0.179 e. The van der Waals surface area contributed by atoms with E-state index in [1.54, 1.807) is 13.8 Å². The molecule has 6 nitrogen and oxygen atoms in total. The van der Waals surface area contributed by atoms with Gasteiger partial charge in [-0.1, -0.05) is 0 Å². The van der Waals surface area contributed by atoms with Gasteiger partial charge in [0.2, 0.25) is 0 Å². The lowest BCUT2D eigenvalue weighted by atomic mass is 10.2. The summed E-state index contributed by atoms with van der Waals surface area (Å²) in [6.45, 7) is 8.33. The van der Waals surface area contributed by atoms with E-state index in [4.69, 9.17) is 12.2 Å². The van der Waals surface area contributed by atoms with Crippen LogP contribution in [0.15, 0.2) is 0 Å². The van der Waals surface area contributed by atoms with E-state index in [-0.39, 0.29) is 0 Å². The molecule has 0 bridgehead atoms. The highest BCUT2D eigenvalue weighted by molar-refractivity contribution is 7.92. The van der Waals surface area contributed by atoms with Crippen molar-refractivity contribution in [1.29, 1.82) is 0 Å². The van der Waals surface area contributed by atoms with Crippen molar-refractivity contribution in [3.8, 4) is 0 Å². The molecule has 0 radical (unpaired) electrons. The monoisotopic (exact) mass is 316 g/mol. The number of sulfone groups is 1. The Kier molecular flexibility index (Phi) is 3.58. The molecule has 20 heavy (non-hydrogen) atoms. The molecule has 0 saturated carbocycles. The van der Waals surface area contributed by atoms with Crippen molar-refractivity contribution in [2.75, 3.05) is 6.26 Å². The van der Waals surface area contributed by atoms with Crippen molar-refractivity contribution < 1.29 is 8.42 Å². The first-order valence-corrected chi connectivity index (χ1v) is 8.74. The van der Waals surface area contributed by atoms with E-state index >= 15 is 0 Å². The van der Waals surface area contributed by atoms with Crippen LogP contribution < -0.4 is 0 Å². The topological polar surface area (TPSA) is 72.7 Å². The fraction of sp³-hybridized carbons (Fsp3) is 0.667. The van der Waals surface area contributed by atoms with Gasteiger partial charge < -0.3 is 9.55 Å². The van der Waals surface area contributed by atoms with Crippen LogP contribution in [-0.2, 0) is 22.9 Å². The number of aromatic amines is 1. The van der Waals surface area contributed by atoms with E-state index in [1.807, 2.05) is 23.1 Å². The first-order valence-electron chi connectivity index (χ1n) is 6.44. The highest BCUT2D eigenvalue weighted by Gasteiger charge is 2.32. The van der Waals surface area contributed by atoms with Crippen LogP contribution in [0.2, 0.25) is 0 Å². The second-order valence-electron chi connectivity index (χ2n) is 5.65. The van der Waals surface area contributed by atoms with Crippen molar-refractivity contribution in [2.24, 2.45) is 0 Å². The normalized spacial score (nSPS) is 13.2. The predicted molar refractivity (Wildman–Crippen MR) is 82.2 cm³/mol. The standard InChI is InChI=1S/C12H20N4O2S2/c1-6-16-10-9(8(2)14-16)13-11(19)15(10)7-12(3,4)20(5,17)18/h6-7H2,1-5H3,(H,13,19). The summed E-state index contributed by atoms with van der Waals surface area (Å²) >= 11 is 5.34. The van der Waals surface area contributed by atoms with Gasteiger partial charge in [0.15, 0.2) is 20.3 Å². The zero-order valence-corrected chi connectivity index (χ0v) is 14.0. The lowest BCUT2D eigenvalue weighted by Crippen LogP contribution is -2.36. The molecule has 2 aromatic heterocycles. The van der Waals surface area contributed by atoms with Crippen LogP contribution in [0.1, 0.15) is 26.5 Å². The molecule has 0 unspecified atom stereocenters. The van der Waals surface area contributed by atoms with Gasteiger partial charge in [0.1, 0.15) is 5.52 Å². The molecule has 0 atom stereocenters. The van der Waals surface area contributed by atoms with Crippen molar-refractivity contribution >= 4 is 33.2 Å². The van der Waals surface area contributed by atoms with Crippen LogP contribution in [0.5, 0.6) is 0 Å². The summed E-state index contributed by atoms with van der Waals surface area (Å²) in [6, 6.07) is 0. The molecule has 0 saturated heterocycles. The summed E-state index contributed by atoms with van der Waals surface area (Å²) in [7, 11) is -3.19. The first kappa shape index (κ1) is 15.2. The number of hydrogen-bond donors (Lipinski definition) is 1. The molecule has 112 valence electrons. The molecule has 2 rings (SSSR count). The van der Waals surface area contributed by atoms with Gasteiger partial charge >= 0.3 is 0 Å². The third-order valence-electron chi connectivity index (χ3n) is 3.68. The molecule has 0 amide bonds. The number of aromatic nitrogens is 4. The molecule has 2 heterocycles. The Balaban J connectivity index is 2.67. The number of nitrogens with one attached hydrogen (secondary N) is 1. The minimum absolute atomic E-state index is 0.301. The number of imidazole rings is 1.